The molecular weight excluding hydrogens is 366 g/mol. The van der Waals surface area contributed by atoms with Crippen LogP contribution in [0.2, 0.25) is 0 Å². The van der Waals surface area contributed by atoms with Crippen molar-refractivity contribution in [1.29, 1.82) is 0 Å². The molecule has 124 valence electrons. The third-order valence-corrected chi connectivity index (χ3v) is 5.52. The molecule has 0 saturated heterocycles. The highest BCUT2D eigenvalue weighted by molar-refractivity contribution is 9.11. The van der Waals surface area contributed by atoms with Gasteiger partial charge in [-0.1, -0.05) is 0 Å². The fourth-order valence-electron chi connectivity index (χ4n) is 2.64. The first-order valence-electron chi connectivity index (χ1n) is 7.56. The van der Waals surface area contributed by atoms with Crippen molar-refractivity contribution >= 4 is 33.4 Å². The molecule has 0 spiro atoms. The van der Waals surface area contributed by atoms with Crippen LogP contribution in [0.3, 0.4) is 0 Å². The number of rotatable bonds is 6. The molecule has 0 bridgehead atoms. The summed E-state index contributed by atoms with van der Waals surface area (Å²) in [6.45, 7) is 6.05. The lowest BCUT2D eigenvalue weighted by Gasteiger charge is -2.32. The van der Waals surface area contributed by atoms with Crippen molar-refractivity contribution in [3.63, 3.8) is 0 Å². The first-order valence-corrected chi connectivity index (χ1v) is 9.17. The van der Waals surface area contributed by atoms with Crippen LogP contribution in [0.1, 0.15) is 38.5 Å². The number of carbonyl (C=O) groups is 1. The number of aliphatic hydroxyl groups excluding tert-OH is 1. The number of hydrogen-bond donors (Lipinski definition) is 2. The highest BCUT2D eigenvalue weighted by Crippen LogP contribution is 2.48. The van der Waals surface area contributed by atoms with Crippen LogP contribution in [0.5, 0.6) is 0 Å². The maximum absolute atomic E-state index is 11.9. The molecule has 4 nitrogen and oxygen atoms in total. The SMILES string of the molecule is CC(C)(C)OC(=O)NCC(CO)(Cc1ccc(Br)s1)C1CC1. The van der Waals surface area contributed by atoms with E-state index in [1.54, 1.807) is 11.3 Å². The normalized spacial score (nSPS) is 17.9. The zero-order chi connectivity index (χ0) is 16.4. The van der Waals surface area contributed by atoms with Crippen molar-refractivity contribution in [3.8, 4) is 0 Å². The molecule has 1 aliphatic rings. The van der Waals surface area contributed by atoms with E-state index in [0.717, 1.165) is 23.0 Å². The molecule has 0 aliphatic heterocycles. The van der Waals surface area contributed by atoms with Crippen LogP contribution in [-0.2, 0) is 11.2 Å². The average Bonchev–Trinajstić information content (AvgIpc) is 3.17. The topological polar surface area (TPSA) is 58.6 Å². The van der Waals surface area contributed by atoms with Gasteiger partial charge in [-0.05, 0) is 74.0 Å². The fourth-order valence-corrected chi connectivity index (χ4v) is 4.28. The summed E-state index contributed by atoms with van der Waals surface area (Å²) < 4.78 is 6.38. The van der Waals surface area contributed by atoms with Crippen LogP contribution >= 0.6 is 27.3 Å². The van der Waals surface area contributed by atoms with Crippen molar-refractivity contribution in [2.45, 2.75) is 45.6 Å². The molecule has 2 N–H and O–H groups in total. The predicted molar refractivity (Wildman–Crippen MR) is 92.2 cm³/mol. The summed E-state index contributed by atoms with van der Waals surface area (Å²) >= 11 is 5.16. The molecule has 1 aliphatic carbocycles. The van der Waals surface area contributed by atoms with E-state index in [1.165, 1.54) is 4.88 Å². The van der Waals surface area contributed by atoms with Gasteiger partial charge in [-0.2, -0.15) is 0 Å². The number of nitrogens with one attached hydrogen (secondary N) is 1. The van der Waals surface area contributed by atoms with E-state index >= 15 is 0 Å². The Bertz CT molecular complexity index is 522. The Labute approximate surface area is 144 Å². The number of thiophene rings is 1. The van der Waals surface area contributed by atoms with Crippen LogP contribution in [0, 0.1) is 11.3 Å². The van der Waals surface area contributed by atoms with Crippen LogP contribution in [0.25, 0.3) is 0 Å². The summed E-state index contributed by atoms with van der Waals surface area (Å²) in [5.74, 6) is 0.466. The lowest BCUT2D eigenvalue weighted by atomic mass is 9.79. The van der Waals surface area contributed by atoms with Crippen molar-refractivity contribution in [1.82, 2.24) is 5.32 Å². The van der Waals surface area contributed by atoms with Gasteiger partial charge in [0.15, 0.2) is 0 Å². The second-order valence-corrected chi connectivity index (χ2v) is 9.58. The minimum Gasteiger partial charge on any atom is -0.444 e. The fraction of sp³-hybridized carbons (Fsp3) is 0.688. The van der Waals surface area contributed by atoms with E-state index in [2.05, 4.69) is 27.3 Å². The van der Waals surface area contributed by atoms with Gasteiger partial charge in [0.2, 0.25) is 0 Å². The first-order chi connectivity index (χ1) is 10.2. The van der Waals surface area contributed by atoms with Gasteiger partial charge in [-0.15, -0.1) is 11.3 Å². The summed E-state index contributed by atoms with van der Waals surface area (Å²) in [7, 11) is 0. The molecule has 1 aromatic heterocycles. The summed E-state index contributed by atoms with van der Waals surface area (Å²) in [5, 5.41) is 12.9. The van der Waals surface area contributed by atoms with Crippen molar-refractivity contribution in [2.75, 3.05) is 13.2 Å². The van der Waals surface area contributed by atoms with Crippen molar-refractivity contribution < 1.29 is 14.6 Å². The van der Waals surface area contributed by atoms with Gasteiger partial charge in [0, 0.05) is 16.8 Å². The van der Waals surface area contributed by atoms with Gasteiger partial charge in [0.05, 0.1) is 10.4 Å². The van der Waals surface area contributed by atoms with Gasteiger partial charge in [-0.3, -0.25) is 0 Å². The Morgan fingerprint density at radius 2 is 2.14 bits per heavy atom. The quantitative estimate of drug-likeness (QED) is 0.773. The predicted octanol–water partition coefficient (Wildman–Crippen LogP) is 3.97. The van der Waals surface area contributed by atoms with Crippen LogP contribution in [0.4, 0.5) is 4.79 Å². The molecule has 0 radical (unpaired) electrons. The number of alkyl carbamates (subject to hydrolysis) is 1. The minimum atomic E-state index is -0.510. The molecule has 22 heavy (non-hydrogen) atoms. The maximum Gasteiger partial charge on any atom is 0.407 e. The van der Waals surface area contributed by atoms with E-state index in [-0.39, 0.29) is 12.0 Å². The van der Waals surface area contributed by atoms with Crippen LogP contribution in [0.15, 0.2) is 15.9 Å². The van der Waals surface area contributed by atoms with Crippen LogP contribution < -0.4 is 5.32 Å². The molecule has 1 saturated carbocycles. The second-order valence-electron chi connectivity index (χ2n) is 7.03. The van der Waals surface area contributed by atoms with E-state index < -0.39 is 11.7 Å². The van der Waals surface area contributed by atoms with E-state index in [0.29, 0.717) is 12.5 Å². The summed E-state index contributed by atoms with van der Waals surface area (Å²) in [6.07, 6.45) is 2.59. The average molecular weight is 390 g/mol. The molecule has 2 rings (SSSR count). The molecule has 1 atom stereocenters. The Morgan fingerprint density at radius 3 is 2.59 bits per heavy atom. The maximum atomic E-state index is 11.9. The molecule has 1 fully saturated rings. The zero-order valence-corrected chi connectivity index (χ0v) is 15.7. The number of carbonyl (C=O) groups excluding carboxylic acids is 1. The number of hydrogen-bond acceptors (Lipinski definition) is 4. The van der Waals surface area contributed by atoms with Gasteiger partial charge in [0.1, 0.15) is 5.60 Å². The van der Waals surface area contributed by atoms with Crippen LogP contribution in [-0.4, -0.2) is 30.0 Å². The van der Waals surface area contributed by atoms with Crippen molar-refractivity contribution in [2.24, 2.45) is 11.3 Å². The van der Waals surface area contributed by atoms with E-state index in [1.807, 2.05) is 26.8 Å². The molecule has 0 aromatic carbocycles. The van der Waals surface area contributed by atoms with E-state index in [9.17, 15) is 9.90 Å². The highest BCUT2D eigenvalue weighted by atomic mass is 79.9. The molecular formula is C16H24BrNO3S. The largest absolute Gasteiger partial charge is 0.444 e. The third kappa shape index (κ3) is 4.96. The number of amides is 1. The smallest absolute Gasteiger partial charge is 0.407 e. The molecule has 1 aromatic rings. The Morgan fingerprint density at radius 1 is 1.45 bits per heavy atom. The molecule has 1 amide bonds. The highest BCUT2D eigenvalue weighted by Gasteiger charge is 2.45. The first kappa shape index (κ1) is 17.8. The summed E-state index contributed by atoms with van der Waals surface area (Å²) in [5.41, 5.74) is -0.800. The lowest BCUT2D eigenvalue weighted by molar-refractivity contribution is 0.0441. The molecule has 1 heterocycles. The Balaban J connectivity index is 2.01. The monoisotopic (exact) mass is 389 g/mol. The van der Waals surface area contributed by atoms with E-state index in [4.69, 9.17) is 4.74 Å². The summed E-state index contributed by atoms with van der Waals surface area (Å²) in [4.78, 5) is 13.1. The molecule has 1 unspecified atom stereocenters. The van der Waals surface area contributed by atoms with Gasteiger partial charge in [0.25, 0.3) is 0 Å². The van der Waals surface area contributed by atoms with Gasteiger partial charge in [-0.25, -0.2) is 4.79 Å². The van der Waals surface area contributed by atoms with Crippen molar-refractivity contribution in [3.05, 3.63) is 20.8 Å². The Hall–Kier alpha value is -0.590. The summed E-state index contributed by atoms with van der Waals surface area (Å²) in [6, 6.07) is 4.10. The third-order valence-electron chi connectivity index (χ3n) is 3.90. The number of aliphatic hydroxyl groups is 1. The minimum absolute atomic E-state index is 0.0724. The number of halogens is 1. The standard InChI is InChI=1S/C16H24BrNO3S/c1-15(2,3)21-14(20)18-9-16(10-19,11-4-5-11)8-12-6-7-13(17)22-12/h6-7,11,19H,4-5,8-10H2,1-3H3,(H,18,20). The number of ether oxygens (including phenoxy) is 1. The lowest BCUT2D eigenvalue weighted by Crippen LogP contribution is -2.44. The zero-order valence-electron chi connectivity index (χ0n) is 13.3. The molecule has 6 heteroatoms. The van der Waals surface area contributed by atoms with Gasteiger partial charge < -0.3 is 15.2 Å². The Kier molecular flexibility index (Phi) is 5.56. The van der Waals surface area contributed by atoms with Gasteiger partial charge >= 0.3 is 6.09 Å². The second kappa shape index (κ2) is 6.89.